The summed E-state index contributed by atoms with van der Waals surface area (Å²) in [5.74, 6) is 0. The molecule has 46 valence electrons. The van der Waals surface area contributed by atoms with Crippen molar-refractivity contribution in [3.8, 4) is 0 Å². The van der Waals surface area contributed by atoms with Gasteiger partial charge in [0.2, 0.25) is 0 Å². The Labute approximate surface area is 110 Å². The van der Waals surface area contributed by atoms with Crippen LogP contribution in [0, 0.1) is 0 Å². The zero-order valence-corrected chi connectivity index (χ0v) is 9.01. The quantitative estimate of drug-likeness (QED) is 0.400. The maximum absolute atomic E-state index is 9.51. The molecule has 0 saturated carbocycles. The van der Waals surface area contributed by atoms with E-state index in [1.807, 2.05) is 0 Å². The van der Waals surface area contributed by atoms with Crippen molar-refractivity contribution in [2.75, 3.05) is 0 Å². The summed E-state index contributed by atoms with van der Waals surface area (Å²) in [5, 5.41) is 0. The fourth-order valence-corrected chi connectivity index (χ4v) is 0. The van der Waals surface area contributed by atoms with Gasteiger partial charge in [-0.25, -0.2) is 4.57 Å². The first-order chi connectivity index (χ1) is 2.56. The van der Waals surface area contributed by atoms with Crippen molar-refractivity contribution in [3.05, 3.63) is 0 Å². The number of hydrogen-bond donors (Lipinski definition) is 2. The summed E-state index contributed by atoms with van der Waals surface area (Å²) in [6, 6.07) is 0. The van der Waals surface area contributed by atoms with Gasteiger partial charge in [0.15, 0.2) is 10.5 Å². The molecule has 0 spiro atoms. The second-order valence-corrected chi connectivity index (χ2v) is 3.11. The summed E-state index contributed by atoms with van der Waals surface area (Å²) in [4.78, 5) is 15.5. The van der Waals surface area contributed by atoms with Gasteiger partial charge in [0.1, 0.15) is 0 Å². The second-order valence-electron chi connectivity index (χ2n) is 0.673. The fraction of sp³-hybridized carbons (Fsp3) is 0. The summed E-state index contributed by atoms with van der Waals surface area (Å²) >= 11 is 0. The first kappa shape index (κ1) is 17.0. The molecule has 0 aromatic rings. The molecule has 0 bridgehead atoms. The summed E-state index contributed by atoms with van der Waals surface area (Å²) < 4.78 is 13.2. The first-order valence-electron chi connectivity index (χ1n) is 1.17. The van der Waals surface area contributed by atoms with E-state index in [0.717, 1.165) is 0 Å². The van der Waals surface area contributed by atoms with Crippen LogP contribution in [0.1, 0.15) is 0 Å². The normalized spacial score (nSPS) is 9.25. The van der Waals surface area contributed by atoms with E-state index < -0.39 is 7.82 Å². The van der Waals surface area contributed by atoms with Crippen molar-refractivity contribution in [1.29, 1.82) is 0 Å². The third-order valence-electron chi connectivity index (χ3n) is 0.238. The van der Waals surface area contributed by atoms with Gasteiger partial charge in [-0.2, -0.15) is 0 Å². The van der Waals surface area contributed by atoms with E-state index in [-0.39, 0.29) is 85.6 Å². The zero-order valence-electron chi connectivity index (χ0n) is 3.66. The molecule has 2 N–H and O–H groups in total. The molecule has 0 aliphatic heterocycles. The minimum Gasteiger partial charge on any atom is 0 e. The van der Waals surface area contributed by atoms with Gasteiger partial charge in [-0.1, -0.05) is 0 Å². The van der Waals surface area contributed by atoms with Crippen LogP contribution in [0.5, 0.6) is 0 Å². The van der Waals surface area contributed by atoms with E-state index in [0.29, 0.717) is 0 Å². The van der Waals surface area contributed by atoms with Gasteiger partial charge >= 0.3 is 56.7 Å². The maximum atomic E-state index is 9.51. The van der Waals surface area contributed by atoms with E-state index >= 15 is 0 Å². The molecular weight excluding hydrogens is 352 g/mol. The molecule has 0 aliphatic rings. The molecule has 0 fully saturated rings. The smallest absolute Gasteiger partial charge is 0 e. The van der Waals surface area contributed by atoms with Crippen molar-refractivity contribution in [3.63, 3.8) is 0 Å². The SMILES string of the molecule is O=P(O)(O)O[SiH3].[BaH2].[Zr]. The Morgan fingerprint density at radius 2 is 1.62 bits per heavy atom. The molecule has 0 unspecified atom stereocenters. The average molecular weight is 359 g/mol. The number of phosphoric acid groups is 1. The Kier molecular flexibility index (Phi) is 16.8. The second kappa shape index (κ2) is 7.88. The van der Waals surface area contributed by atoms with Crippen LogP contribution in [0.2, 0.25) is 0 Å². The van der Waals surface area contributed by atoms with Gasteiger partial charge in [0.25, 0.3) is 0 Å². The van der Waals surface area contributed by atoms with E-state index in [4.69, 9.17) is 9.79 Å². The molecule has 0 aromatic carbocycles. The van der Waals surface area contributed by atoms with E-state index in [2.05, 4.69) is 4.21 Å². The van der Waals surface area contributed by atoms with Crippen molar-refractivity contribution in [2.45, 2.75) is 0 Å². The van der Waals surface area contributed by atoms with Crippen LogP contribution in [0.3, 0.4) is 0 Å². The number of hydrogen-bond acceptors (Lipinski definition) is 2. The molecule has 0 amide bonds. The molecule has 0 atom stereocenters. The van der Waals surface area contributed by atoms with Gasteiger partial charge in [-0.3, -0.25) is 0 Å². The van der Waals surface area contributed by atoms with E-state index in [1.54, 1.807) is 0 Å². The van der Waals surface area contributed by atoms with Gasteiger partial charge in [-0.15, -0.1) is 0 Å². The van der Waals surface area contributed by atoms with Crippen LogP contribution in [-0.2, 0) is 35.0 Å². The molecule has 0 aliphatic carbocycles. The van der Waals surface area contributed by atoms with Gasteiger partial charge in [-0.05, 0) is 0 Å². The third-order valence-corrected chi connectivity index (χ3v) is 2.14. The molecule has 0 radical (unpaired) electrons. The van der Waals surface area contributed by atoms with Crippen molar-refractivity contribution in [1.82, 2.24) is 0 Å². The standard InChI is InChI=1S/Ba.H5O4PSi.Zr.2H/c;1-5(2,3)4-6;;;/h;6H3,(H2,1,2,3);;;. The van der Waals surface area contributed by atoms with Crippen LogP contribution in [0.25, 0.3) is 0 Å². The summed E-state index contributed by atoms with van der Waals surface area (Å²) in [6.07, 6.45) is 0. The maximum Gasteiger partial charge on any atom is 0 e. The van der Waals surface area contributed by atoms with E-state index in [9.17, 15) is 4.57 Å². The topological polar surface area (TPSA) is 66.8 Å². The number of rotatable bonds is 1. The zero-order chi connectivity index (χ0) is 5.21. The fourth-order valence-electron chi connectivity index (χ4n) is 0. The van der Waals surface area contributed by atoms with Crippen molar-refractivity contribution >= 4 is 67.2 Å². The molecule has 4 nitrogen and oxygen atoms in total. The third kappa shape index (κ3) is 15.9. The molecule has 8 heavy (non-hydrogen) atoms. The van der Waals surface area contributed by atoms with Gasteiger partial charge in [0, 0.05) is 26.2 Å². The monoisotopic (exact) mass is 358 g/mol. The van der Waals surface area contributed by atoms with E-state index in [1.165, 1.54) is 0 Å². The van der Waals surface area contributed by atoms with Crippen LogP contribution in [0.4, 0.5) is 0 Å². The Balaban J connectivity index is -0.000000125. The van der Waals surface area contributed by atoms with Crippen molar-refractivity contribution < 1.29 is 44.8 Å². The first-order valence-corrected chi connectivity index (χ1v) is 3.52. The van der Waals surface area contributed by atoms with Crippen LogP contribution in [0.15, 0.2) is 0 Å². The Morgan fingerprint density at radius 1 is 1.50 bits per heavy atom. The largest absolute Gasteiger partial charge is 0 e. The van der Waals surface area contributed by atoms with Crippen LogP contribution < -0.4 is 0 Å². The molecule has 8 heteroatoms. The molecular formula is H7BaO4PSiZr. The predicted octanol–water partition coefficient (Wildman–Crippen LogP) is -2.54. The molecule has 0 rings (SSSR count). The molecule has 0 aromatic heterocycles. The van der Waals surface area contributed by atoms with Crippen molar-refractivity contribution in [2.24, 2.45) is 0 Å². The minimum atomic E-state index is -4.08. The molecule has 0 saturated heterocycles. The van der Waals surface area contributed by atoms with Gasteiger partial charge in [0.05, 0.1) is 0 Å². The Morgan fingerprint density at radius 3 is 1.62 bits per heavy atom. The van der Waals surface area contributed by atoms with Gasteiger partial charge < -0.3 is 14.0 Å². The van der Waals surface area contributed by atoms with Crippen LogP contribution >= 0.6 is 7.82 Å². The predicted molar refractivity (Wildman–Crippen MR) is 31.6 cm³/mol. The summed E-state index contributed by atoms with van der Waals surface area (Å²) in [6.45, 7) is 0. The minimum absolute atomic E-state index is 0. The average Bonchev–Trinajstić information content (AvgIpc) is 1.35. The Hall–Kier alpha value is 2.78. The summed E-state index contributed by atoms with van der Waals surface area (Å²) in [7, 11) is -4.00. The van der Waals surface area contributed by atoms with Crippen LogP contribution in [-0.4, -0.2) is 69.2 Å². The Bertz CT molecular complexity index is 80.1. The summed E-state index contributed by atoms with van der Waals surface area (Å²) in [5.41, 5.74) is 0. The molecule has 0 heterocycles.